The molecule has 0 aliphatic heterocycles. The SMILES string of the molecule is Cl.c1ncsn1. The van der Waals surface area contributed by atoms with Crippen molar-refractivity contribution in [2.24, 2.45) is 0 Å². The fourth-order valence-corrected chi connectivity index (χ4v) is 0.408. The quantitative estimate of drug-likeness (QED) is 0.512. The van der Waals surface area contributed by atoms with Crippen LogP contribution >= 0.6 is 23.9 Å². The summed E-state index contributed by atoms with van der Waals surface area (Å²) in [4.78, 5) is 3.63. The van der Waals surface area contributed by atoms with Gasteiger partial charge in [0.15, 0.2) is 0 Å². The predicted molar refractivity (Wildman–Crippen MR) is 27.2 cm³/mol. The fourth-order valence-electron chi connectivity index (χ4n) is 0.136. The molecular formula is C2H3ClN2S. The lowest BCUT2D eigenvalue weighted by molar-refractivity contribution is 1.33. The largest absolute Gasteiger partial charge is 0.231 e. The molecule has 34 valence electrons. The molecule has 0 aromatic carbocycles. The molecule has 0 radical (unpaired) electrons. The van der Waals surface area contributed by atoms with Gasteiger partial charge >= 0.3 is 0 Å². The van der Waals surface area contributed by atoms with Crippen molar-refractivity contribution >= 4 is 23.9 Å². The van der Waals surface area contributed by atoms with Crippen molar-refractivity contribution in [2.45, 2.75) is 0 Å². The van der Waals surface area contributed by atoms with Crippen molar-refractivity contribution in [3.8, 4) is 0 Å². The second-order valence-corrected chi connectivity index (χ2v) is 1.21. The van der Waals surface area contributed by atoms with Gasteiger partial charge in [-0.15, -0.1) is 12.4 Å². The van der Waals surface area contributed by atoms with Gasteiger partial charge in [0.25, 0.3) is 0 Å². The molecule has 0 spiro atoms. The van der Waals surface area contributed by atoms with E-state index in [0.717, 1.165) is 0 Å². The van der Waals surface area contributed by atoms with Crippen LogP contribution in [0.5, 0.6) is 0 Å². The van der Waals surface area contributed by atoms with Gasteiger partial charge in [0.1, 0.15) is 11.8 Å². The number of nitrogens with zero attached hydrogens (tertiary/aromatic N) is 2. The van der Waals surface area contributed by atoms with Gasteiger partial charge in [-0.25, -0.2) is 4.98 Å². The van der Waals surface area contributed by atoms with E-state index in [1.807, 2.05) is 0 Å². The van der Waals surface area contributed by atoms with Crippen LogP contribution in [0.4, 0.5) is 0 Å². The van der Waals surface area contributed by atoms with E-state index in [-0.39, 0.29) is 12.4 Å². The van der Waals surface area contributed by atoms with E-state index in [1.165, 1.54) is 17.9 Å². The van der Waals surface area contributed by atoms with Gasteiger partial charge in [0, 0.05) is 0 Å². The summed E-state index contributed by atoms with van der Waals surface area (Å²) in [6, 6.07) is 0. The predicted octanol–water partition coefficient (Wildman–Crippen LogP) is 0.960. The minimum atomic E-state index is 0. The summed E-state index contributed by atoms with van der Waals surface area (Å²) < 4.78 is 3.65. The minimum absolute atomic E-state index is 0. The van der Waals surface area contributed by atoms with E-state index >= 15 is 0 Å². The summed E-state index contributed by atoms with van der Waals surface area (Å²) in [5.74, 6) is 0. The van der Waals surface area contributed by atoms with Gasteiger partial charge in [-0.1, -0.05) is 0 Å². The van der Waals surface area contributed by atoms with Crippen LogP contribution in [0.2, 0.25) is 0 Å². The highest BCUT2D eigenvalue weighted by Crippen LogP contribution is 1.77. The summed E-state index contributed by atoms with van der Waals surface area (Å²) >= 11 is 1.35. The highest BCUT2D eigenvalue weighted by molar-refractivity contribution is 7.03. The molecule has 0 aliphatic rings. The Labute approximate surface area is 45.8 Å². The zero-order valence-corrected chi connectivity index (χ0v) is 4.50. The van der Waals surface area contributed by atoms with E-state index in [1.54, 1.807) is 5.51 Å². The average Bonchev–Trinajstić information content (AvgIpc) is 1.76. The maximum atomic E-state index is 3.65. The Balaban J connectivity index is 0.000000250. The second kappa shape index (κ2) is 3.06. The molecule has 0 saturated heterocycles. The van der Waals surface area contributed by atoms with Crippen molar-refractivity contribution < 1.29 is 0 Å². The van der Waals surface area contributed by atoms with Crippen molar-refractivity contribution in [2.75, 3.05) is 0 Å². The monoisotopic (exact) mass is 122 g/mol. The first-order valence-corrected chi connectivity index (χ1v) is 2.03. The highest BCUT2D eigenvalue weighted by atomic mass is 35.5. The zero-order valence-electron chi connectivity index (χ0n) is 2.87. The van der Waals surface area contributed by atoms with Crippen molar-refractivity contribution in [3.63, 3.8) is 0 Å². The smallest absolute Gasteiger partial charge is 0.129 e. The molecule has 1 heterocycles. The van der Waals surface area contributed by atoms with E-state index in [4.69, 9.17) is 0 Å². The lowest BCUT2D eigenvalue weighted by Crippen LogP contribution is -1.43. The molecule has 1 aromatic rings. The molecule has 0 atom stereocenters. The average molecular weight is 123 g/mol. The molecule has 0 bridgehead atoms. The molecular weight excluding hydrogens is 120 g/mol. The maximum absolute atomic E-state index is 3.65. The van der Waals surface area contributed by atoms with E-state index in [0.29, 0.717) is 0 Å². The first kappa shape index (κ1) is 5.85. The number of aromatic nitrogens is 2. The molecule has 0 saturated carbocycles. The van der Waals surface area contributed by atoms with Crippen LogP contribution in [0.15, 0.2) is 11.8 Å². The molecule has 0 fully saturated rings. The van der Waals surface area contributed by atoms with E-state index in [2.05, 4.69) is 9.36 Å². The summed E-state index contributed by atoms with van der Waals surface area (Å²) in [5, 5.41) is 0. The first-order valence-electron chi connectivity index (χ1n) is 1.19. The van der Waals surface area contributed by atoms with E-state index < -0.39 is 0 Å². The molecule has 6 heavy (non-hydrogen) atoms. The normalized spacial score (nSPS) is 6.67. The third kappa shape index (κ3) is 1.33. The number of hydrogen-bond acceptors (Lipinski definition) is 3. The molecule has 0 amide bonds. The lowest BCUT2D eigenvalue weighted by atomic mass is 11.4. The Kier molecular flexibility index (Phi) is 2.98. The second-order valence-electron chi connectivity index (χ2n) is 0.581. The molecule has 1 aromatic heterocycles. The van der Waals surface area contributed by atoms with Crippen LogP contribution in [0, 0.1) is 0 Å². The van der Waals surface area contributed by atoms with Gasteiger partial charge in [-0.05, 0) is 11.5 Å². The summed E-state index contributed by atoms with van der Waals surface area (Å²) in [6.07, 6.45) is 1.52. The topological polar surface area (TPSA) is 25.8 Å². The molecule has 0 unspecified atom stereocenters. The number of rotatable bonds is 0. The summed E-state index contributed by atoms with van der Waals surface area (Å²) in [7, 11) is 0. The van der Waals surface area contributed by atoms with Crippen LogP contribution in [0.25, 0.3) is 0 Å². The first-order chi connectivity index (χ1) is 2.50. The molecule has 0 aliphatic carbocycles. The molecule has 2 nitrogen and oxygen atoms in total. The maximum Gasteiger partial charge on any atom is 0.129 e. The van der Waals surface area contributed by atoms with Gasteiger partial charge in [0.2, 0.25) is 0 Å². The van der Waals surface area contributed by atoms with Crippen LogP contribution in [-0.2, 0) is 0 Å². The van der Waals surface area contributed by atoms with Crippen LogP contribution < -0.4 is 0 Å². The molecule has 1 rings (SSSR count). The van der Waals surface area contributed by atoms with Gasteiger partial charge in [-0.2, -0.15) is 4.37 Å². The van der Waals surface area contributed by atoms with Crippen molar-refractivity contribution in [1.82, 2.24) is 9.36 Å². The zero-order chi connectivity index (χ0) is 3.54. The van der Waals surface area contributed by atoms with Gasteiger partial charge < -0.3 is 0 Å². The third-order valence-corrected chi connectivity index (χ3v) is 0.715. The van der Waals surface area contributed by atoms with Crippen LogP contribution in [-0.4, -0.2) is 9.36 Å². The minimum Gasteiger partial charge on any atom is -0.231 e. The van der Waals surface area contributed by atoms with Crippen LogP contribution in [0.3, 0.4) is 0 Å². The highest BCUT2D eigenvalue weighted by Gasteiger charge is 1.60. The van der Waals surface area contributed by atoms with Crippen molar-refractivity contribution in [3.05, 3.63) is 11.8 Å². The molecule has 4 heteroatoms. The standard InChI is InChI=1S/C2H2N2S.ClH/c1-3-2-5-4-1;/h1-2H;1H. The third-order valence-electron chi connectivity index (χ3n) is 0.283. The lowest BCUT2D eigenvalue weighted by Gasteiger charge is -1.38. The Morgan fingerprint density at radius 1 is 1.50 bits per heavy atom. The van der Waals surface area contributed by atoms with E-state index in [9.17, 15) is 0 Å². The van der Waals surface area contributed by atoms with Crippen LogP contribution in [0.1, 0.15) is 0 Å². The molecule has 0 N–H and O–H groups in total. The Morgan fingerprint density at radius 3 is 2.50 bits per heavy atom. The Hall–Kier alpha value is -0.150. The summed E-state index contributed by atoms with van der Waals surface area (Å²) in [6.45, 7) is 0. The van der Waals surface area contributed by atoms with Gasteiger partial charge in [0.05, 0.1) is 0 Å². The number of halogens is 1. The summed E-state index contributed by atoms with van der Waals surface area (Å²) in [5.41, 5.74) is 1.68. The Morgan fingerprint density at radius 2 is 2.33 bits per heavy atom. The fraction of sp³-hybridized carbons (Fsp3) is 0. The Bertz CT molecular complexity index is 68.0. The van der Waals surface area contributed by atoms with Crippen molar-refractivity contribution in [1.29, 1.82) is 0 Å². The number of hydrogen-bond donors (Lipinski definition) is 0. The van der Waals surface area contributed by atoms with Gasteiger partial charge in [-0.3, -0.25) is 0 Å².